The molecular formula is C23H36O9. The molecule has 0 amide bonds. The summed E-state index contributed by atoms with van der Waals surface area (Å²) in [5.74, 6) is -2.70. The van der Waals surface area contributed by atoms with Crippen LogP contribution in [0.15, 0.2) is 12.7 Å². The van der Waals surface area contributed by atoms with Crippen molar-refractivity contribution < 1.29 is 44.6 Å². The van der Waals surface area contributed by atoms with E-state index in [1.54, 1.807) is 13.8 Å². The average Bonchev–Trinajstić information content (AvgIpc) is 2.70. The van der Waals surface area contributed by atoms with Crippen LogP contribution in [0, 0.1) is 16.7 Å². The number of carbonyl (C=O) groups is 2. The lowest BCUT2D eigenvalue weighted by molar-refractivity contribution is -0.371. The molecule has 2 saturated carbocycles. The Morgan fingerprint density at radius 2 is 1.88 bits per heavy atom. The van der Waals surface area contributed by atoms with E-state index in [1.165, 1.54) is 13.0 Å². The molecule has 2 aliphatic carbocycles. The molecule has 3 rings (SSSR count). The molecule has 0 aromatic rings. The van der Waals surface area contributed by atoms with Crippen LogP contribution in [0.2, 0.25) is 0 Å². The van der Waals surface area contributed by atoms with Gasteiger partial charge in [-0.1, -0.05) is 26.8 Å². The van der Waals surface area contributed by atoms with Crippen molar-refractivity contribution in [2.45, 2.75) is 95.1 Å². The molecule has 9 nitrogen and oxygen atoms in total. The Bertz CT molecular complexity index is 811. The third kappa shape index (κ3) is 3.05. The standard InChI is InChI=1S/C23H36O9/c1-7-20(4)10-14(27)23(30)21(5)13(26)8-9-19(2,3)16(21)15(28)17(22(23,6)32-20)31-18(29)12(25)11-24/h7,12-13,15-17,24-26,28,30H,1,8-11H2,2-6H3/t12?,13-,15-,16-,17-,20-,21-,22+,23-/m0/s1. The summed E-state index contributed by atoms with van der Waals surface area (Å²) in [5.41, 5.74) is -7.74. The molecule has 32 heavy (non-hydrogen) atoms. The first-order valence-corrected chi connectivity index (χ1v) is 11.0. The van der Waals surface area contributed by atoms with Gasteiger partial charge in [-0.05, 0) is 32.1 Å². The van der Waals surface area contributed by atoms with E-state index in [0.717, 1.165) is 0 Å². The molecule has 0 aromatic heterocycles. The van der Waals surface area contributed by atoms with Crippen LogP contribution in [0.5, 0.6) is 0 Å². The summed E-state index contributed by atoms with van der Waals surface area (Å²) >= 11 is 0. The van der Waals surface area contributed by atoms with Crippen molar-refractivity contribution in [3.63, 3.8) is 0 Å². The first-order valence-electron chi connectivity index (χ1n) is 11.0. The summed E-state index contributed by atoms with van der Waals surface area (Å²) in [5, 5.41) is 53.9. The maximum absolute atomic E-state index is 13.7. The maximum Gasteiger partial charge on any atom is 0.337 e. The molecule has 9 atom stereocenters. The summed E-state index contributed by atoms with van der Waals surface area (Å²) < 4.78 is 11.7. The van der Waals surface area contributed by atoms with Crippen molar-refractivity contribution in [3.05, 3.63) is 12.7 Å². The van der Waals surface area contributed by atoms with Crippen LogP contribution in [-0.2, 0) is 19.1 Å². The summed E-state index contributed by atoms with van der Waals surface area (Å²) in [6, 6.07) is 0. The van der Waals surface area contributed by atoms with E-state index < -0.39 is 76.3 Å². The summed E-state index contributed by atoms with van der Waals surface area (Å²) in [4.78, 5) is 26.1. The van der Waals surface area contributed by atoms with E-state index in [-0.39, 0.29) is 6.42 Å². The van der Waals surface area contributed by atoms with E-state index >= 15 is 0 Å². The van der Waals surface area contributed by atoms with E-state index in [4.69, 9.17) is 14.6 Å². The van der Waals surface area contributed by atoms with Crippen LogP contribution in [0.4, 0.5) is 0 Å². The fraction of sp³-hybridized carbons (Fsp3) is 0.826. The molecule has 3 aliphatic rings. The number of esters is 1. The quantitative estimate of drug-likeness (QED) is 0.287. The van der Waals surface area contributed by atoms with Crippen LogP contribution in [0.1, 0.15) is 53.9 Å². The lowest BCUT2D eigenvalue weighted by atomic mass is 9.40. The van der Waals surface area contributed by atoms with Crippen molar-refractivity contribution in [1.82, 2.24) is 0 Å². The third-order valence-electron chi connectivity index (χ3n) is 8.42. The SMILES string of the molecule is C=C[C@@]1(C)CC(=O)[C@]2(O)[C@@]3(C)[C@@H](O)CCC(C)(C)[C@@H]3[C@H](O)[C@H](OC(=O)C(O)CO)[C@@]2(C)O1. The van der Waals surface area contributed by atoms with Gasteiger partial charge in [0.2, 0.25) is 0 Å². The van der Waals surface area contributed by atoms with E-state index in [1.807, 2.05) is 13.8 Å². The van der Waals surface area contributed by atoms with Gasteiger partial charge in [0.15, 0.2) is 23.6 Å². The molecule has 0 aromatic carbocycles. The monoisotopic (exact) mass is 456 g/mol. The highest BCUT2D eigenvalue weighted by atomic mass is 16.6. The van der Waals surface area contributed by atoms with Crippen LogP contribution in [0.3, 0.4) is 0 Å². The number of Topliss-reactive ketones (excluding diaryl/α,β-unsaturated/α-hetero) is 1. The highest BCUT2D eigenvalue weighted by Gasteiger charge is 2.81. The second kappa shape index (κ2) is 7.58. The number of fused-ring (bicyclic) bond motifs is 3. The minimum Gasteiger partial charge on any atom is -0.454 e. The van der Waals surface area contributed by atoms with Gasteiger partial charge in [-0.3, -0.25) is 4.79 Å². The molecule has 0 radical (unpaired) electrons. The molecule has 1 saturated heterocycles. The highest BCUT2D eigenvalue weighted by molar-refractivity contribution is 5.92. The van der Waals surface area contributed by atoms with Gasteiger partial charge in [-0.15, -0.1) is 6.58 Å². The topological polar surface area (TPSA) is 154 Å². The summed E-state index contributed by atoms with van der Waals surface area (Å²) in [6.45, 7) is 11.1. The van der Waals surface area contributed by atoms with Crippen LogP contribution >= 0.6 is 0 Å². The lowest BCUT2D eigenvalue weighted by Crippen LogP contribution is -2.86. The molecule has 1 heterocycles. The normalized spacial score (nSPS) is 48.9. The molecule has 0 spiro atoms. The number of aliphatic hydroxyl groups excluding tert-OH is 4. The van der Waals surface area contributed by atoms with Crippen LogP contribution in [-0.4, -0.2) is 85.1 Å². The molecule has 5 N–H and O–H groups in total. The van der Waals surface area contributed by atoms with Gasteiger partial charge in [-0.2, -0.15) is 0 Å². The van der Waals surface area contributed by atoms with Crippen molar-refractivity contribution >= 4 is 11.8 Å². The molecule has 0 bridgehead atoms. The van der Waals surface area contributed by atoms with E-state index in [9.17, 15) is 30.0 Å². The second-order valence-electron chi connectivity index (χ2n) is 10.9. The molecule has 3 fully saturated rings. The number of rotatable bonds is 4. The van der Waals surface area contributed by atoms with Gasteiger partial charge in [0, 0.05) is 17.8 Å². The molecule has 1 unspecified atom stereocenters. The van der Waals surface area contributed by atoms with E-state index in [2.05, 4.69) is 6.58 Å². The predicted molar refractivity (Wildman–Crippen MR) is 112 cm³/mol. The largest absolute Gasteiger partial charge is 0.454 e. The number of ether oxygens (including phenoxy) is 2. The number of hydrogen-bond donors (Lipinski definition) is 5. The van der Waals surface area contributed by atoms with Gasteiger partial charge in [0.05, 0.1) is 24.4 Å². The van der Waals surface area contributed by atoms with Crippen molar-refractivity contribution in [1.29, 1.82) is 0 Å². The minimum atomic E-state index is -2.33. The Labute approximate surface area is 188 Å². The fourth-order valence-electron chi connectivity index (χ4n) is 6.76. The van der Waals surface area contributed by atoms with Crippen LogP contribution < -0.4 is 0 Å². The van der Waals surface area contributed by atoms with Gasteiger partial charge in [0.1, 0.15) is 5.60 Å². The Kier molecular flexibility index (Phi) is 5.98. The predicted octanol–water partition coefficient (Wildman–Crippen LogP) is -0.147. The zero-order chi connectivity index (χ0) is 24.5. The Hall–Kier alpha value is -1.36. The maximum atomic E-state index is 13.7. The highest BCUT2D eigenvalue weighted by Crippen LogP contribution is 2.67. The second-order valence-corrected chi connectivity index (χ2v) is 10.9. The molecule has 1 aliphatic heterocycles. The Morgan fingerprint density at radius 3 is 2.41 bits per heavy atom. The zero-order valence-corrected chi connectivity index (χ0v) is 19.4. The smallest absolute Gasteiger partial charge is 0.337 e. The number of hydrogen-bond acceptors (Lipinski definition) is 9. The van der Waals surface area contributed by atoms with E-state index in [0.29, 0.717) is 12.8 Å². The van der Waals surface area contributed by atoms with Crippen molar-refractivity contribution in [2.75, 3.05) is 6.61 Å². The number of aliphatic hydroxyl groups is 5. The van der Waals surface area contributed by atoms with Gasteiger partial charge in [0.25, 0.3) is 0 Å². The Balaban J connectivity index is 2.28. The fourth-order valence-corrected chi connectivity index (χ4v) is 6.76. The Morgan fingerprint density at radius 1 is 1.28 bits per heavy atom. The first-order chi connectivity index (χ1) is 14.6. The number of carbonyl (C=O) groups excluding carboxylic acids is 2. The average molecular weight is 457 g/mol. The number of ketones is 1. The van der Waals surface area contributed by atoms with Gasteiger partial charge in [-0.25, -0.2) is 4.79 Å². The van der Waals surface area contributed by atoms with Crippen molar-refractivity contribution in [2.24, 2.45) is 16.7 Å². The molecular weight excluding hydrogens is 420 g/mol. The minimum absolute atomic E-state index is 0.228. The molecule has 182 valence electrons. The summed E-state index contributed by atoms with van der Waals surface area (Å²) in [6.07, 6.45) is -4.07. The van der Waals surface area contributed by atoms with Gasteiger partial charge >= 0.3 is 5.97 Å². The molecule has 9 heteroatoms. The van der Waals surface area contributed by atoms with Crippen molar-refractivity contribution in [3.8, 4) is 0 Å². The first kappa shape index (κ1) is 25.3. The van der Waals surface area contributed by atoms with Gasteiger partial charge < -0.3 is 35.0 Å². The third-order valence-corrected chi connectivity index (χ3v) is 8.42. The van der Waals surface area contributed by atoms with Crippen LogP contribution in [0.25, 0.3) is 0 Å². The zero-order valence-electron chi connectivity index (χ0n) is 19.4. The lowest BCUT2D eigenvalue weighted by Gasteiger charge is -2.71. The summed E-state index contributed by atoms with van der Waals surface area (Å²) in [7, 11) is 0.